The number of aliphatic hydroxyl groups excluding tert-OH is 1. The van der Waals surface area contributed by atoms with E-state index in [1.165, 1.54) is 6.07 Å². The summed E-state index contributed by atoms with van der Waals surface area (Å²) >= 11 is 3.28. The maximum Gasteiger partial charge on any atom is 0.159 e. The highest BCUT2D eigenvalue weighted by atomic mass is 79.9. The van der Waals surface area contributed by atoms with Crippen molar-refractivity contribution in [3.63, 3.8) is 0 Å². The van der Waals surface area contributed by atoms with E-state index in [1.807, 2.05) is 0 Å². The number of aliphatic hydroxyl groups is 1. The molecule has 1 atom stereocenters. The van der Waals surface area contributed by atoms with Gasteiger partial charge in [-0.15, -0.1) is 0 Å². The minimum atomic E-state index is -0.960. The average molecular weight is 299 g/mol. The average Bonchev–Trinajstić information content (AvgIpc) is 2.33. The molecule has 0 aliphatic heterocycles. The van der Waals surface area contributed by atoms with E-state index in [0.717, 1.165) is 16.6 Å². The maximum atomic E-state index is 13.0. The fourth-order valence-electron chi connectivity index (χ4n) is 1.52. The first-order valence-electron chi connectivity index (χ1n) is 4.96. The van der Waals surface area contributed by atoms with Gasteiger partial charge in [0.25, 0.3) is 0 Å². The van der Waals surface area contributed by atoms with Gasteiger partial charge in [0.05, 0.1) is 0 Å². The summed E-state index contributed by atoms with van der Waals surface area (Å²) in [6.07, 6.45) is -0.960. The van der Waals surface area contributed by atoms with Crippen molar-refractivity contribution in [1.82, 2.24) is 0 Å². The lowest BCUT2D eigenvalue weighted by Gasteiger charge is -2.11. The van der Waals surface area contributed by atoms with Crippen molar-refractivity contribution in [2.75, 3.05) is 0 Å². The van der Waals surface area contributed by atoms with Crippen LogP contribution in [0.1, 0.15) is 17.2 Å². The van der Waals surface area contributed by atoms with Gasteiger partial charge in [-0.25, -0.2) is 8.78 Å². The van der Waals surface area contributed by atoms with E-state index in [-0.39, 0.29) is 0 Å². The highest BCUT2D eigenvalue weighted by Gasteiger charge is 2.12. The van der Waals surface area contributed by atoms with Crippen molar-refractivity contribution in [2.45, 2.75) is 6.10 Å². The summed E-state index contributed by atoms with van der Waals surface area (Å²) in [4.78, 5) is 0. The molecule has 0 saturated carbocycles. The smallest absolute Gasteiger partial charge is 0.159 e. The first-order chi connectivity index (χ1) is 8.08. The van der Waals surface area contributed by atoms with E-state index in [9.17, 15) is 13.9 Å². The van der Waals surface area contributed by atoms with Gasteiger partial charge >= 0.3 is 0 Å². The Morgan fingerprint density at radius 3 is 2.06 bits per heavy atom. The van der Waals surface area contributed by atoms with Crippen molar-refractivity contribution in [2.24, 2.45) is 0 Å². The molecular formula is C13H9BrF2O. The zero-order valence-corrected chi connectivity index (χ0v) is 10.3. The van der Waals surface area contributed by atoms with Crippen molar-refractivity contribution in [3.8, 4) is 0 Å². The van der Waals surface area contributed by atoms with Crippen LogP contribution in [0.15, 0.2) is 46.9 Å². The predicted molar refractivity (Wildman–Crippen MR) is 64.6 cm³/mol. The van der Waals surface area contributed by atoms with Crippen molar-refractivity contribution < 1.29 is 13.9 Å². The Bertz CT molecular complexity index is 525. The Kier molecular flexibility index (Phi) is 3.54. The second-order valence-corrected chi connectivity index (χ2v) is 4.54. The molecule has 0 saturated heterocycles. The predicted octanol–water partition coefficient (Wildman–Crippen LogP) is 3.81. The van der Waals surface area contributed by atoms with E-state index in [4.69, 9.17) is 0 Å². The molecule has 0 radical (unpaired) electrons. The van der Waals surface area contributed by atoms with Crippen LogP contribution >= 0.6 is 15.9 Å². The van der Waals surface area contributed by atoms with E-state index >= 15 is 0 Å². The first-order valence-corrected chi connectivity index (χ1v) is 5.75. The lowest BCUT2D eigenvalue weighted by atomic mass is 10.0. The molecular weight excluding hydrogens is 290 g/mol. The second kappa shape index (κ2) is 4.94. The van der Waals surface area contributed by atoms with Gasteiger partial charge in [-0.05, 0) is 35.4 Å². The summed E-state index contributed by atoms with van der Waals surface area (Å²) in [5.74, 6) is -1.88. The molecule has 2 rings (SSSR count). The highest BCUT2D eigenvalue weighted by Crippen LogP contribution is 2.24. The zero-order chi connectivity index (χ0) is 12.4. The Hall–Kier alpha value is -1.26. The molecule has 2 aromatic rings. The molecule has 17 heavy (non-hydrogen) atoms. The number of hydrogen-bond donors (Lipinski definition) is 1. The first kappa shape index (κ1) is 12.2. The van der Waals surface area contributed by atoms with Crippen LogP contribution < -0.4 is 0 Å². The molecule has 88 valence electrons. The minimum absolute atomic E-state index is 0.325. The molecule has 1 unspecified atom stereocenters. The molecule has 0 heterocycles. The fourth-order valence-corrected chi connectivity index (χ4v) is 1.78. The van der Waals surface area contributed by atoms with E-state index in [0.29, 0.717) is 11.1 Å². The number of rotatable bonds is 2. The molecule has 1 N–H and O–H groups in total. The Morgan fingerprint density at radius 1 is 0.882 bits per heavy atom. The standard InChI is InChI=1S/C13H9BrF2O/c14-10-4-1-8(2-5-10)13(17)9-3-6-11(15)12(16)7-9/h1-7,13,17H. The summed E-state index contributed by atoms with van der Waals surface area (Å²) < 4.78 is 26.7. The number of halogens is 3. The summed E-state index contributed by atoms with van der Waals surface area (Å²) in [6, 6.07) is 10.4. The van der Waals surface area contributed by atoms with Crippen LogP contribution in [0.2, 0.25) is 0 Å². The molecule has 0 aromatic heterocycles. The molecule has 1 nitrogen and oxygen atoms in total. The van der Waals surface area contributed by atoms with Gasteiger partial charge in [0.2, 0.25) is 0 Å². The summed E-state index contributed by atoms with van der Waals surface area (Å²) in [5.41, 5.74) is 0.949. The molecule has 0 bridgehead atoms. The monoisotopic (exact) mass is 298 g/mol. The second-order valence-electron chi connectivity index (χ2n) is 3.63. The number of hydrogen-bond acceptors (Lipinski definition) is 1. The van der Waals surface area contributed by atoms with Gasteiger partial charge in [-0.2, -0.15) is 0 Å². The molecule has 0 aliphatic carbocycles. The normalized spacial score (nSPS) is 12.5. The highest BCUT2D eigenvalue weighted by molar-refractivity contribution is 9.10. The largest absolute Gasteiger partial charge is 0.384 e. The van der Waals surface area contributed by atoms with Gasteiger partial charge < -0.3 is 5.11 Å². The number of benzene rings is 2. The Labute approximate surface area is 106 Å². The Balaban J connectivity index is 2.33. The SMILES string of the molecule is OC(c1ccc(Br)cc1)c1ccc(F)c(F)c1. The van der Waals surface area contributed by atoms with Gasteiger partial charge in [-0.1, -0.05) is 34.1 Å². The topological polar surface area (TPSA) is 20.2 Å². The third kappa shape index (κ3) is 2.70. The third-order valence-corrected chi connectivity index (χ3v) is 2.97. The van der Waals surface area contributed by atoms with E-state index < -0.39 is 17.7 Å². The van der Waals surface area contributed by atoms with E-state index in [1.54, 1.807) is 24.3 Å². The minimum Gasteiger partial charge on any atom is -0.384 e. The quantitative estimate of drug-likeness (QED) is 0.894. The van der Waals surface area contributed by atoms with Crippen LogP contribution in [0.3, 0.4) is 0 Å². The lowest BCUT2D eigenvalue weighted by molar-refractivity contribution is 0.219. The van der Waals surface area contributed by atoms with Crippen LogP contribution in [0.25, 0.3) is 0 Å². The van der Waals surface area contributed by atoms with Gasteiger partial charge in [0.15, 0.2) is 11.6 Å². The fraction of sp³-hybridized carbons (Fsp3) is 0.0769. The van der Waals surface area contributed by atoms with Crippen molar-refractivity contribution in [1.29, 1.82) is 0 Å². The molecule has 4 heteroatoms. The third-order valence-electron chi connectivity index (χ3n) is 2.45. The summed E-state index contributed by atoms with van der Waals surface area (Å²) in [5, 5.41) is 9.99. The molecule has 0 aliphatic rings. The molecule has 2 aromatic carbocycles. The van der Waals surface area contributed by atoms with Crippen LogP contribution in [0.4, 0.5) is 8.78 Å². The van der Waals surface area contributed by atoms with Gasteiger partial charge in [0, 0.05) is 4.47 Å². The van der Waals surface area contributed by atoms with Crippen LogP contribution in [0, 0.1) is 11.6 Å². The molecule has 0 spiro atoms. The molecule has 0 fully saturated rings. The zero-order valence-electron chi connectivity index (χ0n) is 8.70. The molecule has 0 amide bonds. The van der Waals surface area contributed by atoms with Crippen molar-refractivity contribution in [3.05, 3.63) is 69.7 Å². The van der Waals surface area contributed by atoms with E-state index in [2.05, 4.69) is 15.9 Å². The summed E-state index contributed by atoms with van der Waals surface area (Å²) in [7, 11) is 0. The summed E-state index contributed by atoms with van der Waals surface area (Å²) in [6.45, 7) is 0. The van der Waals surface area contributed by atoms with Gasteiger partial charge in [0.1, 0.15) is 6.10 Å². The van der Waals surface area contributed by atoms with Crippen LogP contribution in [-0.2, 0) is 0 Å². The van der Waals surface area contributed by atoms with Crippen LogP contribution in [-0.4, -0.2) is 5.11 Å². The maximum absolute atomic E-state index is 13.0. The Morgan fingerprint density at radius 2 is 1.47 bits per heavy atom. The lowest BCUT2D eigenvalue weighted by Crippen LogP contribution is -2.00. The van der Waals surface area contributed by atoms with Crippen molar-refractivity contribution >= 4 is 15.9 Å². The van der Waals surface area contributed by atoms with Crippen LogP contribution in [0.5, 0.6) is 0 Å². The van der Waals surface area contributed by atoms with Gasteiger partial charge in [-0.3, -0.25) is 0 Å².